The molecule has 0 saturated carbocycles. The number of fused-ring (bicyclic) bond motifs is 1. The van der Waals surface area contributed by atoms with Crippen LogP contribution in [0.3, 0.4) is 0 Å². The second kappa shape index (κ2) is 5.79. The maximum atomic E-state index is 5.39. The molecule has 2 heterocycles. The van der Waals surface area contributed by atoms with Crippen molar-refractivity contribution in [3.8, 4) is 11.4 Å². The van der Waals surface area contributed by atoms with Gasteiger partial charge in [0, 0.05) is 25.7 Å². The van der Waals surface area contributed by atoms with E-state index in [1.807, 2.05) is 30.3 Å². The molecular formula is C14H18N6S. The molecule has 0 aromatic heterocycles. The third-order valence-electron chi connectivity index (χ3n) is 3.73. The number of nitrogens with one attached hydrogen (secondary N) is 1. The van der Waals surface area contributed by atoms with Crippen LogP contribution in [0, 0.1) is 0 Å². The number of imidazole rings is 1. The van der Waals surface area contributed by atoms with E-state index < -0.39 is 0 Å². The Bertz CT molecular complexity index is 588. The molecule has 0 radical (unpaired) electrons. The smallest absolute Gasteiger partial charge is 0.226 e. The average molecular weight is 302 g/mol. The highest BCUT2D eigenvalue weighted by atomic mass is 32.1. The molecule has 0 bridgehead atoms. The Labute approximate surface area is 129 Å². The topological polar surface area (TPSA) is 70.3 Å². The van der Waals surface area contributed by atoms with Gasteiger partial charge in [0.15, 0.2) is 5.11 Å². The maximum absolute atomic E-state index is 5.39. The molecule has 7 heteroatoms. The highest BCUT2D eigenvalue weighted by Gasteiger charge is 2.27. The summed E-state index contributed by atoms with van der Waals surface area (Å²) in [7, 11) is 0. The van der Waals surface area contributed by atoms with Crippen LogP contribution in [0.4, 0.5) is 5.95 Å². The first-order chi connectivity index (χ1) is 10.2. The number of piperazine rings is 1. The fraction of sp³-hybridized carbons (Fsp3) is 0.357. The highest BCUT2D eigenvalue weighted by molar-refractivity contribution is 7.80. The average Bonchev–Trinajstić information content (AvgIpc) is 2.76. The number of thiocarbonyl (C=S) groups is 1. The minimum Gasteiger partial charge on any atom is -0.344 e. The molecule has 3 N–H and O–H groups in total. The molecule has 1 aliphatic carbocycles. The molecule has 1 atom stereocenters. The molecule has 1 unspecified atom stereocenters. The van der Waals surface area contributed by atoms with Gasteiger partial charge in [0.1, 0.15) is 0 Å². The highest BCUT2D eigenvalue weighted by Crippen LogP contribution is 2.24. The molecule has 6 nitrogen and oxygen atoms in total. The summed E-state index contributed by atoms with van der Waals surface area (Å²) in [6.07, 6.45) is 0. The van der Waals surface area contributed by atoms with Crippen LogP contribution in [0.25, 0.3) is 11.4 Å². The molecule has 0 amide bonds. The van der Waals surface area contributed by atoms with Gasteiger partial charge in [-0.2, -0.15) is 0 Å². The summed E-state index contributed by atoms with van der Waals surface area (Å²) in [5, 5.41) is 0.585. The van der Waals surface area contributed by atoms with Gasteiger partial charge in [0.2, 0.25) is 5.95 Å². The van der Waals surface area contributed by atoms with Crippen molar-refractivity contribution in [2.75, 3.05) is 24.5 Å². The third kappa shape index (κ3) is 2.74. The Balaban J connectivity index is 1.81. The van der Waals surface area contributed by atoms with Crippen molar-refractivity contribution in [2.24, 2.45) is 5.84 Å². The van der Waals surface area contributed by atoms with Crippen LogP contribution in [0.1, 0.15) is 6.92 Å². The normalized spacial score (nSPS) is 18.9. The SMILES string of the molecule is CC1CN(C(=S)NN)CCN1c1nc2cccccc-2n1. The van der Waals surface area contributed by atoms with Crippen LogP contribution in [-0.4, -0.2) is 45.7 Å². The lowest BCUT2D eigenvalue weighted by molar-refractivity contribution is 0.332. The van der Waals surface area contributed by atoms with Gasteiger partial charge in [-0.3, -0.25) is 0 Å². The lowest BCUT2D eigenvalue weighted by Crippen LogP contribution is -2.57. The molecule has 110 valence electrons. The zero-order chi connectivity index (χ0) is 14.8. The molecule has 2 aliphatic heterocycles. The van der Waals surface area contributed by atoms with Crippen molar-refractivity contribution in [1.29, 1.82) is 0 Å². The Morgan fingerprint density at radius 2 is 1.90 bits per heavy atom. The van der Waals surface area contributed by atoms with Crippen molar-refractivity contribution in [3.05, 3.63) is 30.3 Å². The summed E-state index contributed by atoms with van der Waals surface area (Å²) in [4.78, 5) is 13.6. The van der Waals surface area contributed by atoms with E-state index in [1.54, 1.807) is 0 Å². The first kappa shape index (κ1) is 14.0. The molecule has 1 fully saturated rings. The van der Waals surface area contributed by atoms with E-state index in [9.17, 15) is 0 Å². The Morgan fingerprint density at radius 3 is 2.48 bits per heavy atom. The number of hydrogen-bond acceptors (Lipinski definition) is 5. The van der Waals surface area contributed by atoms with E-state index in [1.165, 1.54) is 0 Å². The zero-order valence-corrected chi connectivity index (χ0v) is 12.7. The molecule has 0 aromatic carbocycles. The number of hydrazine groups is 1. The lowest BCUT2D eigenvalue weighted by atomic mass is 10.2. The Morgan fingerprint density at radius 1 is 1.24 bits per heavy atom. The van der Waals surface area contributed by atoms with Gasteiger partial charge in [-0.1, -0.05) is 18.2 Å². The van der Waals surface area contributed by atoms with Gasteiger partial charge >= 0.3 is 0 Å². The minimum atomic E-state index is 0.274. The van der Waals surface area contributed by atoms with Gasteiger partial charge in [0.05, 0.1) is 11.4 Å². The van der Waals surface area contributed by atoms with Crippen LogP contribution in [0.15, 0.2) is 30.3 Å². The van der Waals surface area contributed by atoms with Gasteiger partial charge < -0.3 is 15.2 Å². The molecule has 1 saturated heterocycles. The first-order valence-electron chi connectivity index (χ1n) is 6.94. The summed E-state index contributed by atoms with van der Waals surface area (Å²) in [5.74, 6) is 6.17. The van der Waals surface area contributed by atoms with Crippen LogP contribution in [0.5, 0.6) is 0 Å². The van der Waals surface area contributed by atoms with Crippen molar-refractivity contribution in [3.63, 3.8) is 0 Å². The minimum absolute atomic E-state index is 0.274. The van der Waals surface area contributed by atoms with Gasteiger partial charge in [-0.15, -0.1) is 0 Å². The van der Waals surface area contributed by atoms with Crippen LogP contribution in [0.2, 0.25) is 0 Å². The van der Waals surface area contributed by atoms with Gasteiger partial charge in [-0.25, -0.2) is 15.8 Å². The Kier molecular flexibility index (Phi) is 3.85. The van der Waals surface area contributed by atoms with E-state index in [2.05, 4.69) is 32.1 Å². The summed E-state index contributed by atoms with van der Waals surface area (Å²) < 4.78 is 0. The third-order valence-corrected chi connectivity index (χ3v) is 4.10. The molecule has 0 aromatic rings. The summed E-state index contributed by atoms with van der Waals surface area (Å²) in [6.45, 7) is 4.59. The summed E-state index contributed by atoms with van der Waals surface area (Å²) in [5.41, 5.74) is 4.38. The summed E-state index contributed by atoms with van der Waals surface area (Å²) >= 11 is 5.19. The maximum Gasteiger partial charge on any atom is 0.226 e. The fourth-order valence-corrected chi connectivity index (χ4v) is 2.78. The molecule has 21 heavy (non-hydrogen) atoms. The van der Waals surface area contributed by atoms with Crippen molar-refractivity contribution in [2.45, 2.75) is 13.0 Å². The van der Waals surface area contributed by atoms with Crippen molar-refractivity contribution < 1.29 is 0 Å². The number of aromatic nitrogens is 2. The van der Waals surface area contributed by atoms with Gasteiger partial charge in [-0.05, 0) is 31.3 Å². The fourth-order valence-electron chi connectivity index (χ4n) is 2.62. The van der Waals surface area contributed by atoms with E-state index >= 15 is 0 Å². The monoisotopic (exact) mass is 302 g/mol. The molecule has 0 spiro atoms. The van der Waals surface area contributed by atoms with E-state index in [0.29, 0.717) is 5.11 Å². The van der Waals surface area contributed by atoms with E-state index in [4.69, 9.17) is 18.1 Å². The predicted octanol–water partition coefficient (Wildman–Crippen LogP) is 0.840. The zero-order valence-electron chi connectivity index (χ0n) is 11.9. The number of anilines is 1. The quantitative estimate of drug-likeness (QED) is 0.459. The number of nitrogens with two attached hydrogens (primary N) is 1. The lowest BCUT2D eigenvalue weighted by Gasteiger charge is -2.40. The number of rotatable bonds is 1. The van der Waals surface area contributed by atoms with Crippen molar-refractivity contribution in [1.82, 2.24) is 20.3 Å². The van der Waals surface area contributed by atoms with Crippen LogP contribution < -0.4 is 16.2 Å². The largest absolute Gasteiger partial charge is 0.344 e. The number of nitrogens with zero attached hydrogens (tertiary/aromatic N) is 4. The molecule has 3 rings (SSSR count). The van der Waals surface area contributed by atoms with Crippen molar-refractivity contribution >= 4 is 23.3 Å². The molecular weight excluding hydrogens is 284 g/mol. The second-order valence-corrected chi connectivity index (χ2v) is 5.53. The molecule has 3 aliphatic rings. The predicted molar refractivity (Wildman–Crippen MR) is 87.0 cm³/mol. The standard InChI is InChI=1S/C14H18N6S/c1-10-9-19(14(21)18-15)7-8-20(10)13-16-11-5-3-2-4-6-12(11)17-13/h2-6,10H,7-9,15H2,1H3,(H,18,21). The summed E-state index contributed by atoms with van der Waals surface area (Å²) in [6, 6.07) is 10.2. The van der Waals surface area contributed by atoms with E-state index in [0.717, 1.165) is 37.0 Å². The number of hydrogen-bond donors (Lipinski definition) is 2. The Hall–Kier alpha value is -1.99. The van der Waals surface area contributed by atoms with Crippen LogP contribution in [-0.2, 0) is 0 Å². The van der Waals surface area contributed by atoms with Gasteiger partial charge in [0.25, 0.3) is 0 Å². The second-order valence-electron chi connectivity index (χ2n) is 5.14. The first-order valence-corrected chi connectivity index (χ1v) is 7.35. The van der Waals surface area contributed by atoms with E-state index in [-0.39, 0.29) is 6.04 Å². The van der Waals surface area contributed by atoms with Crippen LogP contribution >= 0.6 is 12.2 Å².